The van der Waals surface area contributed by atoms with E-state index in [0.29, 0.717) is 17.7 Å². The van der Waals surface area contributed by atoms with Gasteiger partial charge in [0, 0.05) is 16.4 Å². The van der Waals surface area contributed by atoms with Gasteiger partial charge in [0.15, 0.2) is 5.16 Å². The molecular weight excluding hydrogens is 412 g/mol. The Bertz CT molecular complexity index is 783. The number of hydrogen-bond acceptors (Lipinski definition) is 4. The van der Waals surface area contributed by atoms with Crippen molar-refractivity contribution >= 4 is 33.6 Å². The number of nitrogens with zero attached hydrogens (tertiary/aromatic N) is 3. The van der Waals surface area contributed by atoms with Crippen LogP contribution in [0.1, 0.15) is 68.4 Å². The van der Waals surface area contributed by atoms with E-state index in [9.17, 15) is 4.79 Å². The summed E-state index contributed by atoms with van der Waals surface area (Å²) >= 11 is 4.96. The predicted octanol–water partition coefficient (Wildman–Crippen LogP) is 4.61. The molecule has 1 heterocycles. The van der Waals surface area contributed by atoms with Crippen molar-refractivity contribution in [2.75, 3.05) is 5.75 Å². The van der Waals surface area contributed by atoms with Gasteiger partial charge in [-0.05, 0) is 49.8 Å². The maximum atomic E-state index is 12.5. The SMILES string of the molecule is CCC(NC(=O)CSc1nnc(C2CC2)n1C1CC1)c1ccc(Br)cc1. The third kappa shape index (κ3) is 4.14. The van der Waals surface area contributed by atoms with E-state index in [-0.39, 0.29) is 11.9 Å². The Kier molecular flexibility index (Phi) is 5.36. The molecule has 1 aromatic carbocycles. The number of rotatable bonds is 8. The Morgan fingerprint density at radius 1 is 1.27 bits per heavy atom. The second-order valence-corrected chi connectivity index (χ2v) is 8.94. The van der Waals surface area contributed by atoms with Crippen LogP contribution in [-0.4, -0.2) is 26.4 Å². The third-order valence-corrected chi connectivity index (χ3v) is 6.37. The Morgan fingerprint density at radius 2 is 2.00 bits per heavy atom. The van der Waals surface area contributed by atoms with Gasteiger partial charge in [-0.15, -0.1) is 10.2 Å². The van der Waals surface area contributed by atoms with Crippen LogP contribution in [-0.2, 0) is 4.79 Å². The van der Waals surface area contributed by atoms with Crippen LogP contribution in [0.25, 0.3) is 0 Å². The fourth-order valence-corrected chi connectivity index (χ4v) is 4.25. The van der Waals surface area contributed by atoms with Gasteiger partial charge in [-0.1, -0.05) is 46.7 Å². The number of thioether (sulfide) groups is 1. The summed E-state index contributed by atoms with van der Waals surface area (Å²) in [6.45, 7) is 2.09. The van der Waals surface area contributed by atoms with Gasteiger partial charge < -0.3 is 9.88 Å². The smallest absolute Gasteiger partial charge is 0.230 e. The van der Waals surface area contributed by atoms with E-state index in [4.69, 9.17) is 0 Å². The summed E-state index contributed by atoms with van der Waals surface area (Å²) in [6, 6.07) is 8.72. The van der Waals surface area contributed by atoms with E-state index in [1.807, 2.05) is 12.1 Å². The fourth-order valence-electron chi connectivity index (χ4n) is 3.16. The van der Waals surface area contributed by atoms with Gasteiger partial charge in [-0.2, -0.15) is 0 Å². The second kappa shape index (κ2) is 7.72. The van der Waals surface area contributed by atoms with E-state index >= 15 is 0 Å². The lowest BCUT2D eigenvalue weighted by Gasteiger charge is -2.17. The Labute approximate surface area is 166 Å². The van der Waals surface area contributed by atoms with Crippen molar-refractivity contribution in [3.05, 3.63) is 40.1 Å². The fraction of sp³-hybridized carbons (Fsp3) is 0.526. The number of hydrogen-bond donors (Lipinski definition) is 1. The highest BCUT2D eigenvalue weighted by Crippen LogP contribution is 2.45. The van der Waals surface area contributed by atoms with Crippen LogP contribution < -0.4 is 5.32 Å². The van der Waals surface area contributed by atoms with Gasteiger partial charge in [0.2, 0.25) is 5.91 Å². The molecule has 1 atom stereocenters. The van der Waals surface area contributed by atoms with Crippen molar-refractivity contribution < 1.29 is 4.79 Å². The molecule has 0 radical (unpaired) electrons. The maximum Gasteiger partial charge on any atom is 0.230 e. The molecule has 7 heteroatoms. The molecule has 2 aliphatic rings. The highest BCUT2D eigenvalue weighted by atomic mass is 79.9. The van der Waals surface area contributed by atoms with Crippen LogP contribution in [0.5, 0.6) is 0 Å². The summed E-state index contributed by atoms with van der Waals surface area (Å²) in [7, 11) is 0. The lowest BCUT2D eigenvalue weighted by Crippen LogP contribution is -2.29. The first kappa shape index (κ1) is 18.0. The third-order valence-electron chi connectivity index (χ3n) is 4.89. The van der Waals surface area contributed by atoms with Crippen molar-refractivity contribution in [2.24, 2.45) is 0 Å². The lowest BCUT2D eigenvalue weighted by molar-refractivity contribution is -0.119. The number of nitrogens with one attached hydrogen (secondary N) is 1. The number of amides is 1. The molecule has 2 saturated carbocycles. The summed E-state index contributed by atoms with van der Waals surface area (Å²) in [5.41, 5.74) is 1.13. The van der Waals surface area contributed by atoms with Crippen molar-refractivity contribution in [3.8, 4) is 0 Å². The van der Waals surface area contributed by atoms with Gasteiger partial charge in [-0.3, -0.25) is 4.79 Å². The molecule has 1 N–H and O–H groups in total. The van der Waals surface area contributed by atoms with Gasteiger partial charge in [0.1, 0.15) is 5.82 Å². The van der Waals surface area contributed by atoms with Crippen molar-refractivity contribution in [1.29, 1.82) is 0 Å². The molecule has 5 nitrogen and oxygen atoms in total. The molecule has 2 aliphatic carbocycles. The number of carbonyl (C=O) groups excluding carboxylic acids is 1. The molecule has 1 amide bonds. The van der Waals surface area contributed by atoms with E-state index in [1.165, 1.54) is 37.4 Å². The number of aromatic nitrogens is 3. The highest BCUT2D eigenvalue weighted by molar-refractivity contribution is 9.10. The van der Waals surface area contributed by atoms with Crippen LogP contribution in [0.15, 0.2) is 33.9 Å². The summed E-state index contributed by atoms with van der Waals surface area (Å²) in [4.78, 5) is 12.5. The van der Waals surface area contributed by atoms with Crippen LogP contribution in [0.2, 0.25) is 0 Å². The molecule has 0 aliphatic heterocycles. The molecule has 26 heavy (non-hydrogen) atoms. The summed E-state index contributed by atoms with van der Waals surface area (Å²) in [6.07, 6.45) is 5.73. The monoisotopic (exact) mass is 434 g/mol. The van der Waals surface area contributed by atoms with Gasteiger partial charge >= 0.3 is 0 Å². The quantitative estimate of drug-likeness (QED) is 0.615. The molecule has 4 rings (SSSR count). The largest absolute Gasteiger partial charge is 0.349 e. The zero-order valence-electron chi connectivity index (χ0n) is 14.8. The first-order valence-corrected chi connectivity index (χ1v) is 11.1. The highest BCUT2D eigenvalue weighted by Gasteiger charge is 2.36. The summed E-state index contributed by atoms with van der Waals surface area (Å²) in [5, 5.41) is 12.8. The standard InChI is InChI=1S/C19H23BrN4OS/c1-2-16(12-5-7-14(20)8-6-12)21-17(25)11-26-19-23-22-18(13-3-4-13)24(19)15-9-10-15/h5-8,13,15-16H,2-4,9-11H2,1H3,(H,21,25). The average Bonchev–Trinajstić information content (AvgIpc) is 3.57. The van der Waals surface area contributed by atoms with Gasteiger partial charge in [-0.25, -0.2) is 0 Å². The van der Waals surface area contributed by atoms with Gasteiger partial charge in [0.05, 0.1) is 11.8 Å². The minimum Gasteiger partial charge on any atom is -0.349 e. The minimum absolute atomic E-state index is 0.0412. The van der Waals surface area contributed by atoms with Crippen LogP contribution >= 0.6 is 27.7 Å². The van der Waals surface area contributed by atoms with E-state index in [1.54, 1.807) is 0 Å². The topological polar surface area (TPSA) is 59.8 Å². The normalized spacial score (nSPS) is 17.9. The van der Waals surface area contributed by atoms with Crippen molar-refractivity contribution in [3.63, 3.8) is 0 Å². The summed E-state index contributed by atoms with van der Waals surface area (Å²) in [5.74, 6) is 2.15. The number of benzene rings is 1. The van der Waals surface area contributed by atoms with Crippen molar-refractivity contribution in [1.82, 2.24) is 20.1 Å². The molecule has 2 aromatic rings. The van der Waals surface area contributed by atoms with E-state index in [2.05, 4.69) is 55.1 Å². The van der Waals surface area contributed by atoms with E-state index in [0.717, 1.165) is 27.4 Å². The number of carbonyl (C=O) groups is 1. The van der Waals surface area contributed by atoms with Crippen LogP contribution in [0.4, 0.5) is 0 Å². The predicted molar refractivity (Wildman–Crippen MR) is 106 cm³/mol. The second-order valence-electron chi connectivity index (χ2n) is 7.08. The molecular formula is C19H23BrN4OS. The zero-order valence-corrected chi connectivity index (χ0v) is 17.2. The van der Waals surface area contributed by atoms with Crippen LogP contribution in [0.3, 0.4) is 0 Å². The summed E-state index contributed by atoms with van der Waals surface area (Å²) < 4.78 is 3.34. The Balaban J connectivity index is 1.37. The van der Waals surface area contributed by atoms with E-state index < -0.39 is 0 Å². The minimum atomic E-state index is 0.0412. The first-order valence-electron chi connectivity index (χ1n) is 9.28. The molecule has 0 spiro atoms. The molecule has 2 fully saturated rings. The first-order chi connectivity index (χ1) is 12.7. The molecule has 0 bridgehead atoms. The molecule has 0 saturated heterocycles. The number of halogens is 1. The van der Waals surface area contributed by atoms with Gasteiger partial charge in [0.25, 0.3) is 0 Å². The molecule has 138 valence electrons. The zero-order chi connectivity index (χ0) is 18.1. The Morgan fingerprint density at radius 3 is 2.62 bits per heavy atom. The van der Waals surface area contributed by atoms with Crippen molar-refractivity contribution in [2.45, 2.75) is 62.2 Å². The maximum absolute atomic E-state index is 12.5. The molecule has 1 aromatic heterocycles. The Hall–Kier alpha value is -1.34. The van der Waals surface area contributed by atoms with Crippen LogP contribution in [0, 0.1) is 0 Å². The average molecular weight is 435 g/mol. The lowest BCUT2D eigenvalue weighted by atomic mass is 10.0. The molecule has 1 unspecified atom stereocenters.